The standard InChI is InChI=1S/C14H18F3N3O2/c1-9-6-11(14(15,16)17)20-12(19-9)2-4-18-13(21)7-10-3-5-22-8-10/h6,10H,2-5,7-8H2,1H3,(H,18,21)/t10-/m1/s1. The van der Waals surface area contributed by atoms with Gasteiger partial charge in [-0.05, 0) is 25.3 Å². The van der Waals surface area contributed by atoms with Gasteiger partial charge in [0.15, 0.2) is 0 Å². The number of alkyl halides is 3. The summed E-state index contributed by atoms with van der Waals surface area (Å²) in [6, 6.07) is 0.905. The van der Waals surface area contributed by atoms with Crippen LogP contribution in [0.2, 0.25) is 0 Å². The number of nitrogens with one attached hydrogen (secondary N) is 1. The van der Waals surface area contributed by atoms with E-state index in [1.807, 2.05) is 0 Å². The molecule has 2 heterocycles. The van der Waals surface area contributed by atoms with Crippen LogP contribution < -0.4 is 5.32 Å². The maximum Gasteiger partial charge on any atom is 0.433 e. The normalized spacial score (nSPS) is 18.5. The van der Waals surface area contributed by atoms with Crippen molar-refractivity contribution < 1.29 is 22.7 Å². The smallest absolute Gasteiger partial charge is 0.381 e. The minimum absolute atomic E-state index is 0.0804. The zero-order valence-corrected chi connectivity index (χ0v) is 12.2. The van der Waals surface area contributed by atoms with Gasteiger partial charge in [-0.1, -0.05) is 0 Å². The Hall–Kier alpha value is -1.70. The summed E-state index contributed by atoms with van der Waals surface area (Å²) in [7, 11) is 0. The Morgan fingerprint density at radius 2 is 2.23 bits per heavy atom. The number of hydrogen-bond donors (Lipinski definition) is 1. The minimum atomic E-state index is -4.49. The third-order valence-electron chi connectivity index (χ3n) is 3.36. The Morgan fingerprint density at radius 1 is 1.45 bits per heavy atom. The van der Waals surface area contributed by atoms with Crippen molar-refractivity contribution in [2.45, 2.75) is 32.4 Å². The second kappa shape index (κ2) is 7.04. The highest BCUT2D eigenvalue weighted by Gasteiger charge is 2.33. The molecule has 1 atom stereocenters. The zero-order chi connectivity index (χ0) is 16.2. The molecule has 0 saturated carbocycles. The van der Waals surface area contributed by atoms with Gasteiger partial charge in [0.2, 0.25) is 5.91 Å². The van der Waals surface area contributed by atoms with Crippen LogP contribution in [-0.2, 0) is 22.1 Å². The summed E-state index contributed by atoms with van der Waals surface area (Å²) in [5.41, 5.74) is -0.698. The molecule has 122 valence electrons. The number of aryl methyl sites for hydroxylation is 1. The van der Waals surface area contributed by atoms with Crippen LogP contribution in [0.5, 0.6) is 0 Å². The average Bonchev–Trinajstić information content (AvgIpc) is 2.90. The fourth-order valence-electron chi connectivity index (χ4n) is 2.28. The first-order valence-electron chi connectivity index (χ1n) is 7.11. The summed E-state index contributed by atoms with van der Waals surface area (Å²) in [5, 5.41) is 2.68. The molecule has 0 bridgehead atoms. The summed E-state index contributed by atoms with van der Waals surface area (Å²) in [6.45, 7) is 2.96. The Morgan fingerprint density at radius 3 is 2.86 bits per heavy atom. The van der Waals surface area contributed by atoms with Crippen LogP contribution in [0.4, 0.5) is 13.2 Å². The lowest BCUT2D eigenvalue weighted by atomic mass is 10.1. The Balaban J connectivity index is 1.83. The lowest BCUT2D eigenvalue weighted by molar-refractivity contribution is -0.141. The molecule has 0 unspecified atom stereocenters. The minimum Gasteiger partial charge on any atom is -0.381 e. The Kier molecular flexibility index (Phi) is 5.33. The predicted octanol–water partition coefficient (Wildman–Crippen LogP) is 1.89. The maximum absolute atomic E-state index is 12.7. The summed E-state index contributed by atoms with van der Waals surface area (Å²) in [4.78, 5) is 19.2. The van der Waals surface area contributed by atoms with Gasteiger partial charge in [-0.15, -0.1) is 0 Å². The summed E-state index contributed by atoms with van der Waals surface area (Å²) in [6.07, 6.45) is -3.09. The van der Waals surface area contributed by atoms with Crippen molar-refractivity contribution in [1.29, 1.82) is 0 Å². The number of halogens is 3. The van der Waals surface area contributed by atoms with Gasteiger partial charge in [0.25, 0.3) is 0 Å². The summed E-state index contributed by atoms with van der Waals surface area (Å²) in [5.74, 6) is 0.183. The van der Waals surface area contributed by atoms with Gasteiger partial charge in [-0.2, -0.15) is 13.2 Å². The number of ether oxygens (including phenoxy) is 1. The highest BCUT2D eigenvalue weighted by molar-refractivity contribution is 5.76. The predicted molar refractivity (Wildman–Crippen MR) is 72.0 cm³/mol. The molecule has 1 fully saturated rings. The maximum atomic E-state index is 12.7. The number of aromatic nitrogens is 2. The first kappa shape index (κ1) is 16.7. The SMILES string of the molecule is Cc1cc(C(F)(F)F)nc(CCNC(=O)C[C@H]2CCOC2)n1. The summed E-state index contributed by atoms with van der Waals surface area (Å²) < 4.78 is 43.1. The fourth-order valence-corrected chi connectivity index (χ4v) is 2.28. The lowest BCUT2D eigenvalue weighted by Gasteiger charge is -2.10. The molecule has 2 rings (SSSR count). The van der Waals surface area contributed by atoms with Gasteiger partial charge in [0.1, 0.15) is 11.5 Å². The van der Waals surface area contributed by atoms with E-state index in [1.54, 1.807) is 0 Å². The van der Waals surface area contributed by atoms with E-state index in [0.717, 1.165) is 12.5 Å². The van der Waals surface area contributed by atoms with Crippen molar-refractivity contribution in [2.75, 3.05) is 19.8 Å². The molecular weight excluding hydrogens is 299 g/mol. The highest BCUT2D eigenvalue weighted by Crippen LogP contribution is 2.27. The number of carbonyl (C=O) groups excluding carboxylic acids is 1. The van der Waals surface area contributed by atoms with Gasteiger partial charge in [0.05, 0.1) is 0 Å². The Labute approximate surface area is 126 Å². The third-order valence-corrected chi connectivity index (χ3v) is 3.36. The van der Waals surface area contributed by atoms with Crippen molar-refractivity contribution in [3.63, 3.8) is 0 Å². The van der Waals surface area contributed by atoms with E-state index in [9.17, 15) is 18.0 Å². The molecule has 1 amide bonds. The van der Waals surface area contributed by atoms with Crippen LogP contribution in [-0.4, -0.2) is 35.6 Å². The van der Waals surface area contributed by atoms with Crippen LogP contribution in [0.3, 0.4) is 0 Å². The zero-order valence-electron chi connectivity index (χ0n) is 12.2. The molecule has 0 aliphatic carbocycles. The molecular formula is C14H18F3N3O2. The van der Waals surface area contributed by atoms with E-state index < -0.39 is 11.9 Å². The van der Waals surface area contributed by atoms with Crippen molar-refractivity contribution in [1.82, 2.24) is 15.3 Å². The highest BCUT2D eigenvalue weighted by atomic mass is 19.4. The van der Waals surface area contributed by atoms with E-state index in [0.29, 0.717) is 19.6 Å². The van der Waals surface area contributed by atoms with Crippen molar-refractivity contribution in [3.8, 4) is 0 Å². The van der Waals surface area contributed by atoms with E-state index in [-0.39, 0.29) is 36.3 Å². The molecule has 22 heavy (non-hydrogen) atoms. The van der Waals surface area contributed by atoms with E-state index in [1.165, 1.54) is 6.92 Å². The molecule has 1 aliphatic heterocycles. The fraction of sp³-hybridized carbons (Fsp3) is 0.643. The molecule has 1 aromatic rings. The van der Waals surface area contributed by atoms with Gasteiger partial charge in [-0.3, -0.25) is 4.79 Å². The van der Waals surface area contributed by atoms with Crippen molar-refractivity contribution in [2.24, 2.45) is 5.92 Å². The molecule has 0 radical (unpaired) electrons. The molecule has 1 aliphatic rings. The van der Waals surface area contributed by atoms with E-state index in [2.05, 4.69) is 15.3 Å². The summed E-state index contributed by atoms with van der Waals surface area (Å²) >= 11 is 0. The van der Waals surface area contributed by atoms with Crippen LogP contribution in [0.1, 0.15) is 30.1 Å². The first-order chi connectivity index (χ1) is 10.3. The average molecular weight is 317 g/mol. The number of hydrogen-bond acceptors (Lipinski definition) is 4. The van der Waals surface area contributed by atoms with Gasteiger partial charge >= 0.3 is 6.18 Å². The Bertz CT molecular complexity index is 529. The third kappa shape index (κ3) is 4.94. The molecule has 1 aromatic heterocycles. The molecule has 1 saturated heterocycles. The second-order valence-corrected chi connectivity index (χ2v) is 5.34. The number of rotatable bonds is 5. The molecule has 8 heteroatoms. The van der Waals surface area contributed by atoms with Crippen molar-refractivity contribution >= 4 is 5.91 Å². The lowest BCUT2D eigenvalue weighted by Crippen LogP contribution is -2.28. The molecule has 1 N–H and O–H groups in total. The monoisotopic (exact) mass is 317 g/mol. The topological polar surface area (TPSA) is 64.1 Å². The van der Waals surface area contributed by atoms with E-state index in [4.69, 9.17) is 4.74 Å². The molecule has 0 aromatic carbocycles. The van der Waals surface area contributed by atoms with Crippen LogP contribution in [0.15, 0.2) is 6.07 Å². The molecule has 5 nitrogen and oxygen atoms in total. The number of nitrogens with zero attached hydrogens (tertiary/aromatic N) is 2. The van der Waals surface area contributed by atoms with Gasteiger partial charge in [-0.25, -0.2) is 9.97 Å². The van der Waals surface area contributed by atoms with Crippen LogP contribution in [0.25, 0.3) is 0 Å². The quantitative estimate of drug-likeness (QED) is 0.901. The number of carbonyl (C=O) groups is 1. The van der Waals surface area contributed by atoms with Crippen molar-refractivity contribution in [3.05, 3.63) is 23.3 Å². The van der Waals surface area contributed by atoms with Gasteiger partial charge < -0.3 is 10.1 Å². The molecule has 0 spiro atoms. The van der Waals surface area contributed by atoms with Crippen LogP contribution >= 0.6 is 0 Å². The first-order valence-corrected chi connectivity index (χ1v) is 7.11. The van der Waals surface area contributed by atoms with E-state index >= 15 is 0 Å². The second-order valence-electron chi connectivity index (χ2n) is 5.34. The largest absolute Gasteiger partial charge is 0.433 e. The number of amides is 1. The van der Waals surface area contributed by atoms with Gasteiger partial charge in [0, 0.05) is 38.3 Å². The van der Waals surface area contributed by atoms with Crippen LogP contribution in [0, 0.1) is 12.8 Å².